The molecular weight excluding hydrogens is 428 g/mol. The van der Waals surface area contributed by atoms with Gasteiger partial charge in [-0.25, -0.2) is 0 Å². The molecule has 0 bridgehead atoms. The highest BCUT2D eigenvalue weighted by atomic mass is 32.2. The second kappa shape index (κ2) is 9.83. The number of carbonyl (C=O) groups is 2. The molecule has 1 fully saturated rings. The zero-order chi connectivity index (χ0) is 22.6. The fourth-order valence-electron chi connectivity index (χ4n) is 4.03. The number of fused-ring (bicyclic) bond motifs is 1. The zero-order valence-electron chi connectivity index (χ0n) is 18.3. The lowest BCUT2D eigenvalue weighted by Crippen LogP contribution is -2.46. The minimum Gasteiger partial charge on any atom is -0.454 e. The molecule has 0 aliphatic carbocycles. The Morgan fingerprint density at radius 3 is 2.50 bits per heavy atom. The average Bonchev–Trinajstić information content (AvgIpc) is 3.27. The summed E-state index contributed by atoms with van der Waals surface area (Å²) in [6, 6.07) is 13.5. The number of amides is 2. The van der Waals surface area contributed by atoms with Crippen LogP contribution in [0.2, 0.25) is 0 Å². The number of hydrogen-bond donors (Lipinski definition) is 2. The van der Waals surface area contributed by atoms with Gasteiger partial charge in [0.05, 0.1) is 5.25 Å². The predicted octanol–water partition coefficient (Wildman–Crippen LogP) is 3.72. The summed E-state index contributed by atoms with van der Waals surface area (Å²) in [6.45, 7) is 5.49. The zero-order valence-corrected chi connectivity index (χ0v) is 19.1. The molecular formula is C24H28N2O5S. The molecule has 2 aliphatic heterocycles. The Morgan fingerprint density at radius 2 is 1.78 bits per heavy atom. The van der Waals surface area contributed by atoms with Crippen molar-refractivity contribution in [3.05, 3.63) is 48.0 Å². The molecule has 1 unspecified atom stereocenters. The molecule has 2 aromatic carbocycles. The first-order valence-corrected chi connectivity index (χ1v) is 11.6. The lowest BCUT2D eigenvalue weighted by atomic mass is 9.74. The van der Waals surface area contributed by atoms with Gasteiger partial charge in [0.15, 0.2) is 11.5 Å². The van der Waals surface area contributed by atoms with E-state index in [9.17, 15) is 9.59 Å². The van der Waals surface area contributed by atoms with Gasteiger partial charge in [-0.3, -0.25) is 9.59 Å². The van der Waals surface area contributed by atoms with E-state index in [1.807, 2.05) is 43.3 Å². The molecule has 1 saturated heterocycles. The lowest BCUT2D eigenvalue weighted by molar-refractivity contribution is -0.120. The number of rotatable bonds is 7. The van der Waals surface area contributed by atoms with Crippen LogP contribution in [0.25, 0.3) is 0 Å². The van der Waals surface area contributed by atoms with Gasteiger partial charge in [0.2, 0.25) is 18.6 Å². The van der Waals surface area contributed by atoms with Gasteiger partial charge in [0, 0.05) is 42.7 Å². The van der Waals surface area contributed by atoms with Gasteiger partial charge in [-0.1, -0.05) is 6.07 Å². The fraction of sp³-hybridized carbons (Fsp3) is 0.417. The average molecular weight is 457 g/mol. The lowest BCUT2D eigenvalue weighted by Gasteiger charge is -2.38. The predicted molar refractivity (Wildman–Crippen MR) is 123 cm³/mol. The molecule has 0 radical (unpaired) electrons. The van der Waals surface area contributed by atoms with E-state index in [1.165, 1.54) is 18.7 Å². The van der Waals surface area contributed by atoms with Crippen molar-refractivity contribution in [3.63, 3.8) is 0 Å². The van der Waals surface area contributed by atoms with Crippen molar-refractivity contribution >= 4 is 29.3 Å². The third kappa shape index (κ3) is 5.19. The van der Waals surface area contributed by atoms with Crippen LogP contribution in [0.5, 0.6) is 11.5 Å². The van der Waals surface area contributed by atoms with Crippen molar-refractivity contribution in [3.8, 4) is 11.5 Å². The number of nitrogens with one attached hydrogen (secondary N) is 2. The summed E-state index contributed by atoms with van der Waals surface area (Å²) in [5.41, 5.74) is 1.68. The van der Waals surface area contributed by atoms with Crippen molar-refractivity contribution in [1.82, 2.24) is 5.32 Å². The maximum atomic E-state index is 12.9. The topological polar surface area (TPSA) is 85.9 Å². The molecule has 2 heterocycles. The highest BCUT2D eigenvalue weighted by Gasteiger charge is 2.36. The Hall–Kier alpha value is -2.71. The largest absolute Gasteiger partial charge is 0.454 e. The van der Waals surface area contributed by atoms with Gasteiger partial charge < -0.3 is 24.8 Å². The van der Waals surface area contributed by atoms with Crippen molar-refractivity contribution in [2.75, 3.05) is 31.9 Å². The smallest absolute Gasteiger partial charge is 0.233 e. The Balaban J connectivity index is 1.39. The Bertz CT molecular complexity index is 973. The number of ether oxygens (including phenoxy) is 3. The normalized spacial score (nSPS) is 17.4. The van der Waals surface area contributed by atoms with E-state index in [0.29, 0.717) is 19.8 Å². The van der Waals surface area contributed by atoms with Crippen LogP contribution in [0, 0.1) is 0 Å². The van der Waals surface area contributed by atoms with E-state index in [-0.39, 0.29) is 29.3 Å². The molecule has 2 aliphatic rings. The van der Waals surface area contributed by atoms with Crippen LogP contribution in [-0.4, -0.2) is 43.6 Å². The number of carbonyl (C=O) groups excluding carboxylic acids is 2. The molecule has 170 valence electrons. The first-order chi connectivity index (χ1) is 15.4. The molecule has 8 heteroatoms. The van der Waals surface area contributed by atoms with Crippen molar-refractivity contribution in [2.45, 2.75) is 42.2 Å². The number of anilines is 1. The minimum absolute atomic E-state index is 0.00690. The molecule has 2 N–H and O–H groups in total. The van der Waals surface area contributed by atoms with Gasteiger partial charge in [-0.05, 0) is 61.7 Å². The maximum Gasteiger partial charge on any atom is 0.233 e. The van der Waals surface area contributed by atoms with Crippen LogP contribution >= 0.6 is 11.8 Å². The van der Waals surface area contributed by atoms with Crippen LogP contribution in [0.15, 0.2) is 47.4 Å². The summed E-state index contributed by atoms with van der Waals surface area (Å²) < 4.78 is 16.6. The maximum absolute atomic E-state index is 12.9. The summed E-state index contributed by atoms with van der Waals surface area (Å²) in [6.07, 6.45) is 1.66. The summed E-state index contributed by atoms with van der Waals surface area (Å²) in [7, 11) is 0. The number of hydrogen-bond acceptors (Lipinski definition) is 6. The molecule has 0 aromatic heterocycles. The second-order valence-electron chi connectivity index (χ2n) is 8.14. The van der Waals surface area contributed by atoms with Crippen molar-refractivity contribution in [1.29, 1.82) is 0 Å². The summed E-state index contributed by atoms with van der Waals surface area (Å²) in [5, 5.41) is 5.66. The number of thioether (sulfide) groups is 1. The van der Waals surface area contributed by atoms with E-state index in [2.05, 4.69) is 16.7 Å². The third-order valence-corrected chi connectivity index (χ3v) is 7.00. The molecule has 2 amide bonds. The van der Waals surface area contributed by atoms with Crippen molar-refractivity contribution in [2.24, 2.45) is 0 Å². The summed E-state index contributed by atoms with van der Waals surface area (Å²) in [4.78, 5) is 25.0. The van der Waals surface area contributed by atoms with Crippen LogP contribution < -0.4 is 20.1 Å². The monoisotopic (exact) mass is 456 g/mol. The van der Waals surface area contributed by atoms with E-state index in [1.54, 1.807) is 0 Å². The Morgan fingerprint density at radius 1 is 1.06 bits per heavy atom. The Labute approximate surface area is 192 Å². The number of benzene rings is 2. The molecule has 1 atom stereocenters. The van der Waals surface area contributed by atoms with Gasteiger partial charge >= 0.3 is 0 Å². The first-order valence-electron chi connectivity index (χ1n) is 10.8. The fourth-order valence-corrected chi connectivity index (χ4v) is 4.93. The molecule has 2 aromatic rings. The molecule has 32 heavy (non-hydrogen) atoms. The van der Waals surface area contributed by atoms with Gasteiger partial charge in [0.25, 0.3) is 0 Å². The van der Waals surface area contributed by atoms with Gasteiger partial charge in [0.1, 0.15) is 0 Å². The standard InChI is InChI=1S/C24H28N2O5S/c1-16(32-20-6-4-19(5-7-20)26-17(2)27)23(28)25-14-24(9-11-29-12-10-24)18-3-8-21-22(13-18)31-15-30-21/h3-8,13,16H,9-12,14-15H2,1-2H3,(H,25,28)(H,26,27). The molecule has 7 nitrogen and oxygen atoms in total. The highest BCUT2D eigenvalue weighted by Crippen LogP contribution is 2.40. The van der Waals surface area contributed by atoms with Gasteiger partial charge in [-0.2, -0.15) is 0 Å². The van der Waals surface area contributed by atoms with Crippen LogP contribution in [0.1, 0.15) is 32.3 Å². The summed E-state index contributed by atoms with van der Waals surface area (Å²) >= 11 is 1.49. The summed E-state index contributed by atoms with van der Waals surface area (Å²) in [5.74, 6) is 1.40. The second-order valence-corrected chi connectivity index (χ2v) is 9.56. The molecule has 0 saturated carbocycles. The SMILES string of the molecule is CC(=O)Nc1ccc(SC(C)C(=O)NCC2(c3ccc4c(c3)OCO4)CCOCC2)cc1. The van der Waals surface area contributed by atoms with Crippen LogP contribution in [0.3, 0.4) is 0 Å². The van der Waals surface area contributed by atoms with Crippen molar-refractivity contribution < 1.29 is 23.8 Å². The van der Waals surface area contributed by atoms with E-state index < -0.39 is 0 Å². The third-order valence-electron chi connectivity index (χ3n) is 5.89. The van der Waals surface area contributed by atoms with Crippen LogP contribution in [-0.2, 0) is 19.7 Å². The Kier molecular flexibility index (Phi) is 6.91. The first kappa shape index (κ1) is 22.5. The van der Waals surface area contributed by atoms with E-state index in [4.69, 9.17) is 14.2 Å². The van der Waals surface area contributed by atoms with Crippen LogP contribution in [0.4, 0.5) is 5.69 Å². The molecule has 0 spiro atoms. The minimum atomic E-state index is -0.254. The highest BCUT2D eigenvalue weighted by molar-refractivity contribution is 8.00. The quantitative estimate of drug-likeness (QED) is 0.618. The van der Waals surface area contributed by atoms with E-state index >= 15 is 0 Å². The van der Waals surface area contributed by atoms with E-state index in [0.717, 1.165) is 40.5 Å². The molecule has 4 rings (SSSR count). The van der Waals surface area contributed by atoms with Gasteiger partial charge in [-0.15, -0.1) is 11.8 Å².